The number of aliphatic imine (C=N–C) groups is 1. The molecule has 1 aliphatic rings. The molecule has 1 aliphatic heterocycles. The second kappa shape index (κ2) is 9.94. The third-order valence-electron chi connectivity index (χ3n) is 6.62. The fraction of sp³-hybridized carbons (Fsp3) is 0.269. The predicted octanol–water partition coefficient (Wildman–Crippen LogP) is 2.78. The van der Waals surface area contributed by atoms with Gasteiger partial charge in [-0.2, -0.15) is 5.10 Å². The molecule has 1 atom stereocenters. The van der Waals surface area contributed by atoms with Crippen LogP contribution in [-0.4, -0.2) is 73.1 Å². The van der Waals surface area contributed by atoms with Crippen molar-refractivity contribution >= 4 is 18.1 Å². The van der Waals surface area contributed by atoms with E-state index < -0.39 is 5.60 Å². The van der Waals surface area contributed by atoms with Gasteiger partial charge in [-0.3, -0.25) is 10.1 Å². The number of aliphatic hydroxyl groups is 1. The van der Waals surface area contributed by atoms with E-state index in [1.165, 1.54) is 12.1 Å². The number of nitrogens with zero attached hydrogens (tertiary/aromatic N) is 7. The molecule has 0 radical (unpaired) electrons. The largest absolute Gasteiger partial charge is 0.381 e. The summed E-state index contributed by atoms with van der Waals surface area (Å²) in [5.41, 5.74) is 2.59. The number of nitrogens with one attached hydrogen (secondary N) is 2. The minimum Gasteiger partial charge on any atom is -0.381 e. The van der Waals surface area contributed by atoms with E-state index in [2.05, 4.69) is 34.8 Å². The fourth-order valence-corrected chi connectivity index (χ4v) is 4.44. The minimum atomic E-state index is -1.34. The summed E-state index contributed by atoms with van der Waals surface area (Å²) in [6.07, 6.45) is 9.95. The van der Waals surface area contributed by atoms with E-state index in [1.807, 2.05) is 31.7 Å². The highest BCUT2D eigenvalue weighted by Crippen LogP contribution is 2.29. The van der Waals surface area contributed by atoms with Gasteiger partial charge in [-0.05, 0) is 30.7 Å². The minimum absolute atomic E-state index is 0.357. The lowest BCUT2D eigenvalue weighted by Crippen LogP contribution is -2.49. The van der Waals surface area contributed by atoms with Crippen LogP contribution in [0.4, 0.5) is 10.3 Å². The smallest absolute Gasteiger partial charge is 0.225 e. The van der Waals surface area contributed by atoms with Crippen molar-refractivity contribution in [3.63, 3.8) is 0 Å². The number of amidine groups is 1. The molecule has 4 heterocycles. The predicted molar refractivity (Wildman–Crippen MR) is 139 cm³/mol. The van der Waals surface area contributed by atoms with E-state index in [9.17, 15) is 9.50 Å². The number of rotatable bonds is 6. The summed E-state index contributed by atoms with van der Waals surface area (Å²) in [6.45, 7) is 4.32. The standard InChI is InChI=1S/C26H28FN9O/c1-26(37,20-3-5-22(27)6-4-20)21-14-30-25(31-15-21)36-9-7-35(8-10-36)24(32-17-28)23-11-18(12-29-23)19-13-33-34(2)16-19/h3-6,11-17,28-29,37H,7-10H2,1-2H3/t26-/m0/s1. The van der Waals surface area contributed by atoms with Gasteiger partial charge in [0, 0.05) is 74.7 Å². The van der Waals surface area contributed by atoms with E-state index >= 15 is 0 Å². The van der Waals surface area contributed by atoms with E-state index in [1.54, 1.807) is 36.1 Å². The molecule has 190 valence electrons. The van der Waals surface area contributed by atoms with Gasteiger partial charge in [-0.25, -0.2) is 19.4 Å². The molecule has 10 nitrogen and oxygen atoms in total. The van der Waals surface area contributed by atoms with Gasteiger partial charge in [0.15, 0.2) is 5.84 Å². The molecule has 1 fully saturated rings. The Morgan fingerprint density at radius 3 is 2.41 bits per heavy atom. The summed E-state index contributed by atoms with van der Waals surface area (Å²) in [5, 5.41) is 22.8. The molecule has 0 spiro atoms. The topological polar surface area (TPSA) is 122 Å². The third-order valence-corrected chi connectivity index (χ3v) is 6.62. The summed E-state index contributed by atoms with van der Waals surface area (Å²) in [7, 11) is 1.88. The highest BCUT2D eigenvalue weighted by atomic mass is 19.1. The number of hydrogen-bond donors (Lipinski definition) is 3. The number of halogens is 1. The van der Waals surface area contributed by atoms with Crippen LogP contribution in [-0.2, 0) is 12.6 Å². The number of hydrogen-bond acceptors (Lipinski definition) is 6. The Labute approximate surface area is 213 Å². The maximum atomic E-state index is 13.3. The first-order valence-corrected chi connectivity index (χ1v) is 11.9. The average Bonchev–Trinajstić information content (AvgIpc) is 3.57. The Morgan fingerprint density at radius 1 is 1.08 bits per heavy atom. The van der Waals surface area contributed by atoms with Crippen molar-refractivity contribution in [2.45, 2.75) is 12.5 Å². The van der Waals surface area contributed by atoms with E-state index in [0.717, 1.165) is 23.2 Å². The van der Waals surface area contributed by atoms with Crippen molar-refractivity contribution in [3.05, 3.63) is 84.0 Å². The summed E-state index contributed by atoms with van der Waals surface area (Å²) >= 11 is 0. The van der Waals surface area contributed by atoms with Crippen molar-refractivity contribution in [3.8, 4) is 11.1 Å². The zero-order valence-electron chi connectivity index (χ0n) is 20.6. The van der Waals surface area contributed by atoms with Gasteiger partial charge in [0.25, 0.3) is 0 Å². The Morgan fingerprint density at radius 2 is 1.78 bits per heavy atom. The molecule has 0 saturated carbocycles. The van der Waals surface area contributed by atoms with Gasteiger partial charge in [0.2, 0.25) is 5.95 Å². The van der Waals surface area contributed by atoms with Crippen LogP contribution in [0.15, 0.2) is 66.3 Å². The van der Waals surface area contributed by atoms with Crippen LogP contribution < -0.4 is 4.90 Å². The molecule has 0 bridgehead atoms. The molecule has 37 heavy (non-hydrogen) atoms. The second-order valence-corrected chi connectivity index (χ2v) is 9.11. The normalized spacial score (nSPS) is 16.1. The molecule has 3 aromatic heterocycles. The quantitative estimate of drug-likeness (QED) is 0.276. The molecule has 0 unspecified atom stereocenters. The number of aryl methyl sites for hydroxylation is 1. The van der Waals surface area contributed by atoms with Crippen LogP contribution in [0.25, 0.3) is 11.1 Å². The molecule has 0 amide bonds. The zero-order chi connectivity index (χ0) is 26.0. The average molecular weight is 502 g/mol. The van der Waals surface area contributed by atoms with Crippen LogP contribution in [0.3, 0.4) is 0 Å². The summed E-state index contributed by atoms with van der Waals surface area (Å²) in [5.74, 6) is 0.920. The Bertz CT molecular complexity index is 1400. The Balaban J connectivity index is 1.26. The van der Waals surface area contributed by atoms with Gasteiger partial charge in [0.05, 0.1) is 11.9 Å². The summed E-state index contributed by atoms with van der Waals surface area (Å²) < 4.78 is 15.0. The summed E-state index contributed by atoms with van der Waals surface area (Å²) in [4.78, 5) is 20.8. The van der Waals surface area contributed by atoms with Crippen LogP contribution in [0.5, 0.6) is 0 Å². The third kappa shape index (κ3) is 4.98. The summed E-state index contributed by atoms with van der Waals surface area (Å²) in [6, 6.07) is 7.77. The van der Waals surface area contributed by atoms with Crippen LogP contribution in [0, 0.1) is 11.2 Å². The van der Waals surface area contributed by atoms with Crippen molar-refractivity contribution in [1.29, 1.82) is 5.41 Å². The molecule has 4 aromatic rings. The maximum Gasteiger partial charge on any atom is 0.225 e. The van der Waals surface area contributed by atoms with E-state index in [0.29, 0.717) is 49.1 Å². The van der Waals surface area contributed by atoms with E-state index in [-0.39, 0.29) is 5.82 Å². The highest BCUT2D eigenvalue weighted by Gasteiger charge is 2.28. The molecule has 5 rings (SSSR count). The molecule has 1 aromatic carbocycles. The maximum absolute atomic E-state index is 13.3. The van der Waals surface area contributed by atoms with E-state index in [4.69, 9.17) is 5.41 Å². The van der Waals surface area contributed by atoms with Crippen molar-refractivity contribution in [2.75, 3.05) is 31.1 Å². The fourth-order valence-electron chi connectivity index (χ4n) is 4.44. The lowest BCUT2D eigenvalue weighted by molar-refractivity contribution is 0.101. The number of piperazine rings is 1. The lowest BCUT2D eigenvalue weighted by Gasteiger charge is -2.36. The van der Waals surface area contributed by atoms with Crippen LogP contribution >= 0.6 is 0 Å². The van der Waals surface area contributed by atoms with Crippen LogP contribution in [0.1, 0.15) is 23.7 Å². The molecule has 0 aliphatic carbocycles. The monoisotopic (exact) mass is 501 g/mol. The van der Waals surface area contributed by atoms with Gasteiger partial charge >= 0.3 is 0 Å². The zero-order valence-corrected chi connectivity index (χ0v) is 20.6. The Hall–Kier alpha value is -4.38. The highest BCUT2D eigenvalue weighted by molar-refractivity contribution is 6.01. The number of anilines is 1. The van der Waals surface area contributed by atoms with Crippen molar-refractivity contribution in [2.24, 2.45) is 12.0 Å². The molecule has 3 N–H and O–H groups in total. The van der Waals surface area contributed by atoms with Crippen molar-refractivity contribution in [1.82, 2.24) is 29.6 Å². The molecular formula is C26H28FN9O. The van der Waals surface area contributed by atoms with Gasteiger partial charge in [-0.1, -0.05) is 12.1 Å². The lowest BCUT2D eigenvalue weighted by atomic mass is 9.90. The molecule has 11 heteroatoms. The number of H-pyrrole nitrogens is 1. The number of aromatic amines is 1. The second-order valence-electron chi connectivity index (χ2n) is 9.11. The van der Waals surface area contributed by atoms with Crippen LogP contribution in [0.2, 0.25) is 0 Å². The molecule has 1 saturated heterocycles. The SMILES string of the molecule is Cn1cc(-c2c[nH]c(C(=NC=N)N3CCN(c4ncc([C@@](C)(O)c5ccc(F)cc5)cn4)CC3)c2)cn1. The Kier molecular flexibility index (Phi) is 6.53. The molecular weight excluding hydrogens is 473 g/mol. The number of benzene rings is 1. The number of aromatic nitrogens is 5. The van der Waals surface area contributed by atoms with Gasteiger partial charge in [0.1, 0.15) is 17.8 Å². The first-order chi connectivity index (χ1) is 17.8. The van der Waals surface area contributed by atoms with Gasteiger partial charge in [-0.15, -0.1) is 0 Å². The van der Waals surface area contributed by atoms with Gasteiger partial charge < -0.3 is 19.9 Å². The first-order valence-electron chi connectivity index (χ1n) is 11.9. The first kappa shape index (κ1) is 24.3. The van der Waals surface area contributed by atoms with Crippen molar-refractivity contribution < 1.29 is 9.50 Å².